The first-order chi connectivity index (χ1) is 14.4. The third-order valence-electron chi connectivity index (χ3n) is 5.75. The summed E-state index contributed by atoms with van der Waals surface area (Å²) >= 11 is 0. The first-order valence-corrected chi connectivity index (χ1v) is 11.7. The van der Waals surface area contributed by atoms with E-state index in [9.17, 15) is 13.2 Å². The van der Waals surface area contributed by atoms with Crippen molar-refractivity contribution in [3.05, 3.63) is 30.0 Å². The number of fused-ring (bicyclic) bond motifs is 3. The maximum atomic E-state index is 12.5. The second-order valence-electron chi connectivity index (χ2n) is 7.67. The lowest BCUT2D eigenvalue weighted by atomic mass is 9.90. The van der Waals surface area contributed by atoms with Gasteiger partial charge in [0.15, 0.2) is 5.69 Å². The lowest BCUT2D eigenvalue weighted by Crippen LogP contribution is -2.21. The van der Waals surface area contributed by atoms with E-state index in [0.29, 0.717) is 34.7 Å². The van der Waals surface area contributed by atoms with Crippen LogP contribution in [-0.4, -0.2) is 45.0 Å². The highest BCUT2D eigenvalue weighted by Gasteiger charge is 2.20. The number of ether oxygens (including phenoxy) is 1. The van der Waals surface area contributed by atoms with Gasteiger partial charge in [-0.1, -0.05) is 19.3 Å². The molecular weight excluding hydrogens is 404 g/mol. The molecule has 160 valence electrons. The third-order valence-corrected chi connectivity index (χ3v) is 7.16. The fraction of sp³-hybridized carbons (Fsp3) is 0.429. The van der Waals surface area contributed by atoms with Crippen molar-refractivity contribution in [2.45, 2.75) is 37.0 Å². The van der Waals surface area contributed by atoms with Gasteiger partial charge in [0.05, 0.1) is 17.0 Å². The van der Waals surface area contributed by atoms with Crippen molar-refractivity contribution in [1.82, 2.24) is 20.0 Å². The second kappa shape index (κ2) is 8.23. The molecule has 30 heavy (non-hydrogen) atoms. The molecule has 3 aromatic rings. The topological polar surface area (TPSA) is 113 Å². The van der Waals surface area contributed by atoms with Crippen molar-refractivity contribution in [2.24, 2.45) is 5.92 Å². The van der Waals surface area contributed by atoms with E-state index < -0.39 is 10.0 Å². The summed E-state index contributed by atoms with van der Waals surface area (Å²) in [7, 11) is -0.670. The molecule has 1 aliphatic carbocycles. The molecule has 0 saturated heterocycles. The average molecular weight is 431 g/mol. The zero-order chi connectivity index (χ0) is 21.3. The number of rotatable bonds is 6. The smallest absolute Gasteiger partial charge is 0.271 e. The number of hydrogen-bond donors (Lipinski definition) is 3. The van der Waals surface area contributed by atoms with Gasteiger partial charge in [-0.05, 0) is 44.0 Å². The molecule has 0 radical (unpaired) electrons. The van der Waals surface area contributed by atoms with E-state index in [1.54, 1.807) is 25.2 Å². The molecule has 0 spiro atoms. The minimum absolute atomic E-state index is 0.154. The molecule has 0 bridgehead atoms. The Kier molecular flexibility index (Phi) is 5.66. The van der Waals surface area contributed by atoms with Crippen LogP contribution in [0.3, 0.4) is 0 Å². The van der Waals surface area contributed by atoms with Crippen molar-refractivity contribution in [3.8, 4) is 5.88 Å². The Morgan fingerprint density at radius 3 is 2.63 bits per heavy atom. The number of H-pyrrole nitrogens is 1. The first kappa shape index (κ1) is 20.6. The monoisotopic (exact) mass is 430 g/mol. The quantitative estimate of drug-likeness (QED) is 0.556. The fourth-order valence-corrected chi connectivity index (χ4v) is 4.80. The van der Waals surface area contributed by atoms with Crippen molar-refractivity contribution >= 4 is 37.7 Å². The molecule has 1 fully saturated rings. The summed E-state index contributed by atoms with van der Waals surface area (Å²) < 4.78 is 32.8. The van der Waals surface area contributed by atoms with Crippen LogP contribution in [0.2, 0.25) is 0 Å². The summed E-state index contributed by atoms with van der Waals surface area (Å²) in [5, 5.41) is 4.00. The van der Waals surface area contributed by atoms with Crippen LogP contribution in [0.15, 0.2) is 29.2 Å². The van der Waals surface area contributed by atoms with E-state index >= 15 is 0 Å². The summed E-state index contributed by atoms with van der Waals surface area (Å²) in [6, 6.07) is 6.59. The number of aromatic amines is 1. The molecule has 1 aromatic carbocycles. The molecule has 3 N–H and O–H groups in total. The zero-order valence-electron chi connectivity index (χ0n) is 17.1. The first-order valence-electron chi connectivity index (χ1n) is 10.2. The van der Waals surface area contributed by atoms with Crippen LogP contribution < -0.4 is 14.8 Å². The van der Waals surface area contributed by atoms with Crippen molar-refractivity contribution in [2.75, 3.05) is 20.7 Å². The number of hydrogen-bond acceptors (Lipinski definition) is 5. The summed E-state index contributed by atoms with van der Waals surface area (Å²) in [5.41, 5.74) is 1.49. The Hall–Kier alpha value is -2.65. The molecule has 8 nitrogen and oxygen atoms in total. The summed E-state index contributed by atoms with van der Waals surface area (Å²) in [6.07, 6.45) is 5.99. The van der Waals surface area contributed by atoms with Gasteiger partial charge in [-0.25, -0.2) is 18.1 Å². The van der Waals surface area contributed by atoms with Gasteiger partial charge in [0, 0.05) is 29.4 Å². The molecule has 0 unspecified atom stereocenters. The molecule has 4 rings (SSSR count). The van der Waals surface area contributed by atoms with E-state index in [2.05, 4.69) is 20.0 Å². The van der Waals surface area contributed by atoms with Crippen LogP contribution in [0.5, 0.6) is 5.88 Å². The normalized spacial score (nSPS) is 15.5. The summed E-state index contributed by atoms with van der Waals surface area (Å²) in [6.45, 7) is 0.563. The highest BCUT2D eigenvalue weighted by atomic mass is 32.2. The average Bonchev–Trinajstić information content (AvgIpc) is 3.15. The van der Waals surface area contributed by atoms with E-state index in [-0.39, 0.29) is 16.5 Å². The van der Waals surface area contributed by atoms with Crippen LogP contribution in [0.4, 0.5) is 0 Å². The standard InChI is InChI=1S/C21H26N4O4S/c1-22-21(26)20-19-16(11-18(25-20)29-12-13-6-4-3-5-7-13)15-10-14(30(27,28)23-2)8-9-17(15)24-19/h8-11,13,23-24H,3-7,12H2,1-2H3,(H,22,26). The van der Waals surface area contributed by atoms with Gasteiger partial charge in [0.1, 0.15) is 0 Å². The minimum Gasteiger partial charge on any atom is -0.477 e. The second-order valence-corrected chi connectivity index (χ2v) is 9.55. The number of nitrogens with zero attached hydrogens (tertiary/aromatic N) is 1. The summed E-state index contributed by atoms with van der Waals surface area (Å²) in [4.78, 5) is 20.3. The highest BCUT2D eigenvalue weighted by Crippen LogP contribution is 2.32. The highest BCUT2D eigenvalue weighted by molar-refractivity contribution is 7.89. The van der Waals surface area contributed by atoms with Gasteiger partial charge >= 0.3 is 0 Å². The van der Waals surface area contributed by atoms with Crippen LogP contribution >= 0.6 is 0 Å². The van der Waals surface area contributed by atoms with Crippen molar-refractivity contribution < 1.29 is 17.9 Å². The number of amides is 1. The van der Waals surface area contributed by atoms with Crippen molar-refractivity contribution in [3.63, 3.8) is 0 Å². The molecule has 1 saturated carbocycles. The third kappa shape index (κ3) is 3.87. The summed E-state index contributed by atoms with van der Waals surface area (Å²) in [5.74, 6) is 0.530. The van der Waals surface area contributed by atoms with Gasteiger partial charge in [0.25, 0.3) is 5.91 Å². The molecular formula is C21H26N4O4S. The van der Waals surface area contributed by atoms with E-state index in [0.717, 1.165) is 18.4 Å². The number of aromatic nitrogens is 2. The zero-order valence-corrected chi connectivity index (χ0v) is 17.9. The predicted octanol–water partition coefficient (Wildman–Crippen LogP) is 2.94. The lowest BCUT2D eigenvalue weighted by Gasteiger charge is -2.21. The minimum atomic E-state index is -3.59. The molecule has 1 amide bonds. The number of carbonyl (C=O) groups excluding carboxylic acids is 1. The number of pyridine rings is 1. The predicted molar refractivity (Wildman–Crippen MR) is 115 cm³/mol. The SMILES string of the molecule is CNC(=O)c1nc(OCC2CCCCC2)cc2c1[nH]c1ccc(S(=O)(=O)NC)cc12. The van der Waals surface area contributed by atoms with Gasteiger partial charge in [-0.3, -0.25) is 4.79 Å². The number of carbonyl (C=O) groups is 1. The fourth-order valence-electron chi connectivity index (χ4n) is 4.05. The number of nitrogens with one attached hydrogen (secondary N) is 3. The van der Waals surface area contributed by atoms with Crippen LogP contribution in [-0.2, 0) is 10.0 Å². The number of sulfonamides is 1. The lowest BCUT2D eigenvalue weighted by molar-refractivity contribution is 0.0958. The number of benzene rings is 1. The van der Waals surface area contributed by atoms with Crippen LogP contribution in [0.1, 0.15) is 42.6 Å². The van der Waals surface area contributed by atoms with E-state index in [4.69, 9.17) is 4.74 Å². The molecule has 0 aliphatic heterocycles. The van der Waals surface area contributed by atoms with Crippen molar-refractivity contribution in [1.29, 1.82) is 0 Å². The molecule has 1 aliphatic rings. The molecule has 2 aromatic heterocycles. The molecule has 0 atom stereocenters. The Balaban J connectivity index is 1.81. The van der Waals surface area contributed by atoms with Crippen LogP contribution in [0, 0.1) is 5.92 Å². The Morgan fingerprint density at radius 1 is 1.17 bits per heavy atom. The van der Waals surface area contributed by atoms with Gasteiger partial charge < -0.3 is 15.0 Å². The van der Waals surface area contributed by atoms with Crippen LogP contribution in [0.25, 0.3) is 21.8 Å². The van der Waals surface area contributed by atoms with Gasteiger partial charge in [-0.2, -0.15) is 0 Å². The largest absolute Gasteiger partial charge is 0.477 e. The molecule has 9 heteroatoms. The maximum absolute atomic E-state index is 12.5. The van der Waals surface area contributed by atoms with E-state index in [1.165, 1.54) is 32.4 Å². The van der Waals surface area contributed by atoms with Gasteiger partial charge in [-0.15, -0.1) is 0 Å². The Labute approximate surface area is 175 Å². The van der Waals surface area contributed by atoms with E-state index in [1.807, 2.05) is 0 Å². The van der Waals surface area contributed by atoms with Gasteiger partial charge in [0.2, 0.25) is 15.9 Å². The maximum Gasteiger partial charge on any atom is 0.271 e. The Bertz CT molecular complexity index is 1200. The molecule has 2 heterocycles. The Morgan fingerprint density at radius 2 is 1.93 bits per heavy atom.